The van der Waals surface area contributed by atoms with Crippen LogP contribution in [0.3, 0.4) is 0 Å². The maximum Gasteiger partial charge on any atom is 0.226 e. The molecule has 0 fully saturated rings. The van der Waals surface area contributed by atoms with E-state index in [0.29, 0.717) is 12.1 Å². The SMILES string of the molecule is CCc1c(/C(C)=C\CC(C=N)C(C)=N)ncnc1N1CCc2ccc(NC(=O)C(C)C)cc2C1. The van der Waals surface area contributed by atoms with Crippen LogP contribution in [-0.2, 0) is 24.2 Å². The standard InChI is InChI=1S/C27H36N6O/c1-6-24-25(18(4)7-8-21(14-28)19(5)29)30-16-31-26(24)33-12-11-20-9-10-23(13-22(20)15-33)32-27(34)17(2)3/h7,9-10,13-14,16-17,21,28-29H,6,8,11-12,15H2,1-5H3,(H,32,34)/b18-7-,28-14?,29-19?. The van der Waals surface area contributed by atoms with Crippen LogP contribution < -0.4 is 10.2 Å². The molecule has 1 unspecified atom stereocenters. The van der Waals surface area contributed by atoms with Gasteiger partial charge in [0, 0.05) is 48.1 Å². The van der Waals surface area contributed by atoms with E-state index in [1.165, 1.54) is 17.3 Å². The van der Waals surface area contributed by atoms with Crippen LogP contribution in [0.5, 0.6) is 0 Å². The zero-order chi connectivity index (χ0) is 24.8. The van der Waals surface area contributed by atoms with Gasteiger partial charge < -0.3 is 21.0 Å². The topological polar surface area (TPSA) is 106 Å². The quantitative estimate of drug-likeness (QED) is 0.442. The van der Waals surface area contributed by atoms with Gasteiger partial charge in [-0.15, -0.1) is 0 Å². The molecule has 7 nitrogen and oxygen atoms in total. The summed E-state index contributed by atoms with van der Waals surface area (Å²) in [7, 11) is 0. The molecule has 0 aliphatic carbocycles. The monoisotopic (exact) mass is 460 g/mol. The molecular weight excluding hydrogens is 424 g/mol. The Bertz CT molecular complexity index is 1100. The van der Waals surface area contributed by atoms with Crippen LogP contribution in [0.4, 0.5) is 11.5 Å². The van der Waals surface area contributed by atoms with Crippen molar-refractivity contribution in [1.82, 2.24) is 9.97 Å². The number of aromatic nitrogens is 2. The predicted octanol–water partition coefficient (Wildman–Crippen LogP) is 5.30. The second kappa shape index (κ2) is 11.2. The van der Waals surface area contributed by atoms with Gasteiger partial charge in [0.05, 0.1) is 5.69 Å². The van der Waals surface area contributed by atoms with Gasteiger partial charge >= 0.3 is 0 Å². The minimum absolute atomic E-state index is 0.0204. The smallest absolute Gasteiger partial charge is 0.226 e. The maximum absolute atomic E-state index is 12.1. The van der Waals surface area contributed by atoms with E-state index in [0.717, 1.165) is 54.3 Å². The number of nitrogens with zero attached hydrogens (tertiary/aromatic N) is 3. The zero-order valence-electron chi connectivity index (χ0n) is 20.9. The lowest BCUT2D eigenvalue weighted by Crippen LogP contribution is -2.32. The Hall–Kier alpha value is -3.35. The van der Waals surface area contributed by atoms with E-state index in [9.17, 15) is 4.79 Å². The molecule has 0 saturated heterocycles. The first kappa shape index (κ1) is 25.3. The van der Waals surface area contributed by atoms with E-state index in [-0.39, 0.29) is 17.7 Å². The molecule has 1 atom stereocenters. The van der Waals surface area contributed by atoms with Crippen LogP contribution in [-0.4, -0.2) is 34.3 Å². The molecule has 0 bridgehead atoms. The number of fused-ring (bicyclic) bond motifs is 1. The van der Waals surface area contributed by atoms with E-state index in [1.54, 1.807) is 13.3 Å². The summed E-state index contributed by atoms with van der Waals surface area (Å²) in [6, 6.07) is 6.19. The fourth-order valence-electron chi connectivity index (χ4n) is 4.21. The Morgan fingerprint density at radius 3 is 2.65 bits per heavy atom. The van der Waals surface area contributed by atoms with Crippen LogP contribution in [0.1, 0.15) is 63.4 Å². The first-order chi connectivity index (χ1) is 16.2. The first-order valence-electron chi connectivity index (χ1n) is 12.0. The minimum Gasteiger partial charge on any atom is -0.352 e. The molecule has 3 rings (SSSR count). The highest BCUT2D eigenvalue weighted by atomic mass is 16.1. The summed E-state index contributed by atoms with van der Waals surface area (Å²) in [4.78, 5) is 23.7. The van der Waals surface area contributed by atoms with Crippen LogP contribution in [0.25, 0.3) is 5.57 Å². The highest BCUT2D eigenvalue weighted by molar-refractivity contribution is 5.94. The molecule has 2 heterocycles. The van der Waals surface area contributed by atoms with Crippen molar-refractivity contribution < 1.29 is 4.79 Å². The number of anilines is 2. The molecule has 1 aromatic heterocycles. The minimum atomic E-state index is -0.176. The number of hydrogen-bond acceptors (Lipinski definition) is 6. The molecule has 1 aromatic carbocycles. The molecule has 3 N–H and O–H groups in total. The van der Waals surface area contributed by atoms with Gasteiger partial charge in [-0.05, 0) is 61.9 Å². The molecule has 34 heavy (non-hydrogen) atoms. The van der Waals surface area contributed by atoms with Gasteiger partial charge in [-0.3, -0.25) is 4.79 Å². The van der Waals surface area contributed by atoms with Crippen molar-refractivity contribution in [3.05, 3.63) is 53.0 Å². The fraction of sp³-hybridized carbons (Fsp3) is 0.444. The number of hydrogen-bond donors (Lipinski definition) is 3. The Morgan fingerprint density at radius 1 is 1.24 bits per heavy atom. The number of amides is 1. The van der Waals surface area contributed by atoms with Gasteiger partial charge in [-0.2, -0.15) is 0 Å². The molecule has 180 valence electrons. The molecule has 0 radical (unpaired) electrons. The highest BCUT2D eigenvalue weighted by Gasteiger charge is 2.22. The molecule has 1 aliphatic heterocycles. The Kier molecular flexibility index (Phi) is 8.31. The predicted molar refractivity (Wildman–Crippen MR) is 140 cm³/mol. The summed E-state index contributed by atoms with van der Waals surface area (Å²) < 4.78 is 0. The van der Waals surface area contributed by atoms with Gasteiger partial charge in [0.25, 0.3) is 0 Å². The maximum atomic E-state index is 12.1. The van der Waals surface area contributed by atoms with E-state index in [1.807, 2.05) is 26.8 Å². The lowest BCUT2D eigenvalue weighted by molar-refractivity contribution is -0.118. The molecule has 1 aliphatic rings. The lowest BCUT2D eigenvalue weighted by atomic mass is 9.96. The van der Waals surface area contributed by atoms with Gasteiger partial charge in [0.15, 0.2) is 0 Å². The summed E-state index contributed by atoms with van der Waals surface area (Å²) in [5, 5.41) is 18.4. The zero-order valence-corrected chi connectivity index (χ0v) is 20.9. The van der Waals surface area contributed by atoms with Crippen LogP contribution in [0.15, 0.2) is 30.6 Å². The summed E-state index contributed by atoms with van der Waals surface area (Å²) in [5.41, 5.74) is 6.93. The fourth-order valence-corrected chi connectivity index (χ4v) is 4.21. The Balaban J connectivity index is 1.87. The number of rotatable bonds is 9. The van der Waals surface area contributed by atoms with Crippen molar-refractivity contribution in [3.63, 3.8) is 0 Å². The molecule has 0 spiro atoms. The normalized spacial score (nSPS) is 14.5. The molecule has 2 aromatic rings. The van der Waals surface area contributed by atoms with Crippen LogP contribution in [0.2, 0.25) is 0 Å². The third kappa shape index (κ3) is 5.76. The molecular formula is C27H36N6O. The highest BCUT2D eigenvalue weighted by Crippen LogP contribution is 2.31. The number of benzene rings is 1. The summed E-state index contributed by atoms with van der Waals surface area (Å²) in [5.74, 6) is 0.735. The van der Waals surface area contributed by atoms with Crippen molar-refractivity contribution in [3.8, 4) is 0 Å². The Labute approximate surface area is 202 Å². The number of carbonyl (C=O) groups excluding carboxylic acids is 1. The van der Waals surface area contributed by atoms with Crippen LogP contribution >= 0.6 is 0 Å². The van der Waals surface area contributed by atoms with E-state index in [2.05, 4.69) is 45.3 Å². The number of allylic oxidation sites excluding steroid dienone is 2. The molecule has 1 amide bonds. The van der Waals surface area contributed by atoms with Gasteiger partial charge in [0.1, 0.15) is 12.1 Å². The van der Waals surface area contributed by atoms with Crippen molar-refractivity contribution >= 4 is 34.9 Å². The Morgan fingerprint density at radius 2 is 2.00 bits per heavy atom. The third-order valence-electron chi connectivity index (χ3n) is 6.40. The molecule has 0 saturated carbocycles. The number of nitrogens with one attached hydrogen (secondary N) is 3. The van der Waals surface area contributed by atoms with E-state index in [4.69, 9.17) is 10.8 Å². The summed E-state index contributed by atoms with van der Waals surface area (Å²) in [6.07, 6.45) is 7.39. The van der Waals surface area contributed by atoms with Crippen molar-refractivity contribution in [1.29, 1.82) is 10.8 Å². The third-order valence-corrected chi connectivity index (χ3v) is 6.40. The van der Waals surface area contributed by atoms with Gasteiger partial charge in [0.2, 0.25) is 5.91 Å². The average Bonchev–Trinajstić information content (AvgIpc) is 2.82. The van der Waals surface area contributed by atoms with E-state index >= 15 is 0 Å². The summed E-state index contributed by atoms with van der Waals surface area (Å²) in [6.45, 7) is 11.3. The largest absolute Gasteiger partial charge is 0.352 e. The van der Waals surface area contributed by atoms with Crippen LogP contribution in [0, 0.1) is 22.7 Å². The van der Waals surface area contributed by atoms with Crippen molar-refractivity contribution in [2.45, 2.75) is 60.4 Å². The average molecular weight is 461 g/mol. The van der Waals surface area contributed by atoms with Gasteiger partial charge in [-0.25, -0.2) is 9.97 Å². The molecule has 7 heteroatoms. The number of carbonyl (C=O) groups is 1. The van der Waals surface area contributed by atoms with Crippen molar-refractivity contribution in [2.24, 2.45) is 11.8 Å². The first-order valence-corrected chi connectivity index (χ1v) is 12.0. The second-order valence-electron chi connectivity index (χ2n) is 9.26. The summed E-state index contributed by atoms with van der Waals surface area (Å²) >= 11 is 0. The lowest BCUT2D eigenvalue weighted by Gasteiger charge is -2.32. The second-order valence-corrected chi connectivity index (χ2v) is 9.26. The van der Waals surface area contributed by atoms with Crippen molar-refractivity contribution in [2.75, 3.05) is 16.8 Å². The van der Waals surface area contributed by atoms with Gasteiger partial charge in [-0.1, -0.05) is 32.9 Å². The van der Waals surface area contributed by atoms with E-state index < -0.39 is 0 Å².